The molecule has 7 nitrogen and oxygen atoms in total. The maximum Gasteiger partial charge on any atom is 0.246 e. The van der Waals surface area contributed by atoms with E-state index in [1.54, 1.807) is 13.8 Å². The zero-order chi connectivity index (χ0) is 13.1. The van der Waals surface area contributed by atoms with Crippen LogP contribution in [0, 0.1) is 5.41 Å². The molecule has 0 unspecified atom stereocenters. The topological polar surface area (TPSA) is 116 Å². The molecule has 1 aromatic heterocycles. The summed E-state index contributed by atoms with van der Waals surface area (Å²) in [6.07, 6.45) is 2.81. The highest BCUT2D eigenvalue weighted by molar-refractivity contribution is 7.89. The Kier molecular flexibility index (Phi) is 4.24. The number of sulfonamides is 1. The number of hydrogen-bond donors (Lipinski definition) is 3. The number of nitrogens with zero attached hydrogens (tertiary/aromatic N) is 2. The van der Waals surface area contributed by atoms with Crippen molar-refractivity contribution in [2.75, 3.05) is 6.54 Å². The van der Waals surface area contributed by atoms with Crippen molar-refractivity contribution in [1.82, 2.24) is 14.5 Å². The van der Waals surface area contributed by atoms with Crippen molar-refractivity contribution >= 4 is 15.9 Å². The predicted molar refractivity (Wildman–Crippen MR) is 64.1 cm³/mol. The molecule has 1 rings (SSSR count). The smallest absolute Gasteiger partial charge is 0.246 e. The first kappa shape index (κ1) is 13.7. The van der Waals surface area contributed by atoms with Gasteiger partial charge in [0.1, 0.15) is 4.90 Å². The van der Waals surface area contributed by atoms with Crippen LogP contribution < -0.4 is 5.73 Å². The standard InChI is InChI=1S/C9H17N5O2S/c1-7(2)14(4-3-9(10)11)17(15,16)8-5-12-13-6-8/h5-7H,3-4H2,1-2H3,(H3,10,11)(H,12,13). The molecular formula is C9H17N5O2S. The largest absolute Gasteiger partial charge is 0.388 e. The Morgan fingerprint density at radius 2 is 2.29 bits per heavy atom. The minimum absolute atomic E-state index is 0.0296. The average Bonchev–Trinajstić information content (AvgIpc) is 2.69. The molecule has 0 spiro atoms. The summed E-state index contributed by atoms with van der Waals surface area (Å²) in [6, 6.07) is -0.200. The maximum absolute atomic E-state index is 12.2. The second-order valence-corrected chi connectivity index (χ2v) is 5.81. The molecule has 1 aromatic rings. The highest BCUT2D eigenvalue weighted by Gasteiger charge is 2.27. The number of aromatic amines is 1. The third-order valence-corrected chi connectivity index (χ3v) is 4.30. The molecule has 0 aromatic carbocycles. The molecule has 0 bridgehead atoms. The van der Waals surface area contributed by atoms with E-state index in [0.717, 1.165) is 0 Å². The minimum atomic E-state index is -3.57. The molecule has 0 atom stereocenters. The summed E-state index contributed by atoms with van der Waals surface area (Å²) in [6.45, 7) is 3.75. The minimum Gasteiger partial charge on any atom is -0.388 e. The monoisotopic (exact) mass is 259 g/mol. The predicted octanol–water partition coefficient (Wildman–Crippen LogP) is 0.135. The van der Waals surface area contributed by atoms with E-state index >= 15 is 0 Å². The fourth-order valence-electron chi connectivity index (χ4n) is 1.40. The summed E-state index contributed by atoms with van der Waals surface area (Å²) in [5.41, 5.74) is 5.25. The second-order valence-electron chi connectivity index (χ2n) is 3.92. The molecule has 0 saturated heterocycles. The third-order valence-electron chi connectivity index (χ3n) is 2.26. The van der Waals surface area contributed by atoms with Crippen molar-refractivity contribution in [3.63, 3.8) is 0 Å². The van der Waals surface area contributed by atoms with Crippen molar-refractivity contribution in [1.29, 1.82) is 5.41 Å². The molecular weight excluding hydrogens is 242 g/mol. The van der Waals surface area contributed by atoms with Crippen LogP contribution in [0.1, 0.15) is 20.3 Å². The highest BCUT2D eigenvalue weighted by atomic mass is 32.2. The van der Waals surface area contributed by atoms with Crippen LogP contribution in [0.15, 0.2) is 17.3 Å². The van der Waals surface area contributed by atoms with Crippen LogP contribution in [0.2, 0.25) is 0 Å². The van der Waals surface area contributed by atoms with Crippen molar-refractivity contribution < 1.29 is 8.42 Å². The van der Waals surface area contributed by atoms with Gasteiger partial charge in [0.2, 0.25) is 10.0 Å². The van der Waals surface area contributed by atoms with E-state index in [-0.39, 0.29) is 29.7 Å². The van der Waals surface area contributed by atoms with Crippen LogP contribution in [0.3, 0.4) is 0 Å². The van der Waals surface area contributed by atoms with Gasteiger partial charge >= 0.3 is 0 Å². The lowest BCUT2D eigenvalue weighted by Crippen LogP contribution is -2.38. The van der Waals surface area contributed by atoms with E-state index in [2.05, 4.69) is 10.2 Å². The van der Waals surface area contributed by atoms with Gasteiger partial charge in [0.05, 0.1) is 12.0 Å². The van der Waals surface area contributed by atoms with Gasteiger partial charge in [0.15, 0.2) is 0 Å². The van der Waals surface area contributed by atoms with Crippen molar-refractivity contribution in [3.8, 4) is 0 Å². The molecule has 17 heavy (non-hydrogen) atoms. The summed E-state index contributed by atoms with van der Waals surface area (Å²) in [5, 5.41) is 13.2. The van der Waals surface area contributed by atoms with E-state index in [1.807, 2.05) is 0 Å². The Balaban J connectivity index is 2.95. The van der Waals surface area contributed by atoms with Crippen LogP contribution in [0.5, 0.6) is 0 Å². The van der Waals surface area contributed by atoms with Gasteiger partial charge in [-0.3, -0.25) is 10.5 Å². The Bertz CT molecular complexity index is 466. The van der Waals surface area contributed by atoms with E-state index in [1.165, 1.54) is 16.7 Å². The maximum atomic E-state index is 12.2. The van der Waals surface area contributed by atoms with Gasteiger partial charge in [-0.1, -0.05) is 0 Å². The lowest BCUT2D eigenvalue weighted by molar-refractivity contribution is 0.362. The van der Waals surface area contributed by atoms with Crippen molar-refractivity contribution in [2.24, 2.45) is 5.73 Å². The second kappa shape index (κ2) is 5.28. The Hall–Kier alpha value is -1.41. The van der Waals surface area contributed by atoms with E-state index in [4.69, 9.17) is 11.1 Å². The zero-order valence-electron chi connectivity index (χ0n) is 9.84. The van der Waals surface area contributed by atoms with Crippen LogP contribution in [0.4, 0.5) is 0 Å². The first-order valence-electron chi connectivity index (χ1n) is 5.19. The van der Waals surface area contributed by atoms with Crippen LogP contribution in [-0.4, -0.2) is 41.3 Å². The Morgan fingerprint density at radius 3 is 2.71 bits per heavy atom. The summed E-state index contributed by atoms with van der Waals surface area (Å²) in [7, 11) is -3.57. The zero-order valence-corrected chi connectivity index (χ0v) is 10.7. The van der Waals surface area contributed by atoms with Gasteiger partial charge in [-0.05, 0) is 13.8 Å². The molecule has 96 valence electrons. The Morgan fingerprint density at radius 1 is 1.65 bits per heavy atom. The molecule has 0 aliphatic rings. The SMILES string of the molecule is CC(C)N(CCC(=N)N)S(=O)(=O)c1cn[nH]c1. The number of hydrogen-bond acceptors (Lipinski definition) is 4. The van der Waals surface area contributed by atoms with Gasteiger partial charge in [-0.25, -0.2) is 8.42 Å². The van der Waals surface area contributed by atoms with Gasteiger partial charge in [-0.15, -0.1) is 0 Å². The van der Waals surface area contributed by atoms with E-state index in [0.29, 0.717) is 0 Å². The van der Waals surface area contributed by atoms with Gasteiger partial charge in [0, 0.05) is 25.2 Å². The molecule has 0 aliphatic heterocycles. The summed E-state index contributed by atoms with van der Waals surface area (Å²) >= 11 is 0. The quantitative estimate of drug-likeness (QED) is 0.497. The number of H-pyrrole nitrogens is 1. The third kappa shape index (κ3) is 3.27. The lowest BCUT2D eigenvalue weighted by Gasteiger charge is -2.24. The number of amidine groups is 1. The molecule has 0 aliphatic carbocycles. The molecule has 4 N–H and O–H groups in total. The highest BCUT2D eigenvalue weighted by Crippen LogP contribution is 2.16. The molecule has 0 amide bonds. The number of nitrogens with one attached hydrogen (secondary N) is 2. The molecule has 8 heteroatoms. The van der Waals surface area contributed by atoms with Gasteiger partial charge in [0.25, 0.3) is 0 Å². The number of aromatic nitrogens is 2. The first-order valence-corrected chi connectivity index (χ1v) is 6.63. The van der Waals surface area contributed by atoms with E-state index < -0.39 is 10.0 Å². The molecule has 1 heterocycles. The van der Waals surface area contributed by atoms with Crippen LogP contribution in [0.25, 0.3) is 0 Å². The van der Waals surface area contributed by atoms with Crippen molar-refractivity contribution in [3.05, 3.63) is 12.4 Å². The fraction of sp³-hybridized carbons (Fsp3) is 0.556. The fourth-order valence-corrected chi connectivity index (χ4v) is 2.95. The van der Waals surface area contributed by atoms with Crippen molar-refractivity contribution in [2.45, 2.75) is 31.2 Å². The van der Waals surface area contributed by atoms with Crippen LogP contribution in [-0.2, 0) is 10.0 Å². The van der Waals surface area contributed by atoms with Crippen LogP contribution >= 0.6 is 0 Å². The lowest BCUT2D eigenvalue weighted by atomic mass is 10.3. The summed E-state index contributed by atoms with van der Waals surface area (Å²) < 4.78 is 25.7. The van der Waals surface area contributed by atoms with Gasteiger partial charge < -0.3 is 5.73 Å². The molecule has 0 saturated carbocycles. The Labute approximate surface area is 101 Å². The molecule has 0 fully saturated rings. The average molecular weight is 259 g/mol. The normalized spacial score (nSPS) is 12.2. The molecule has 0 radical (unpaired) electrons. The first-order chi connectivity index (χ1) is 7.85. The number of nitrogens with two attached hydrogens (primary N) is 1. The van der Waals surface area contributed by atoms with Gasteiger partial charge in [-0.2, -0.15) is 9.40 Å². The van der Waals surface area contributed by atoms with E-state index in [9.17, 15) is 8.42 Å². The summed E-state index contributed by atoms with van der Waals surface area (Å²) in [5.74, 6) is -0.0296. The summed E-state index contributed by atoms with van der Waals surface area (Å²) in [4.78, 5) is 0.120. The number of rotatable bonds is 6.